The van der Waals surface area contributed by atoms with Crippen LogP contribution >= 0.6 is 0 Å². The van der Waals surface area contributed by atoms with Crippen molar-refractivity contribution in [3.05, 3.63) is 63.3 Å². The summed E-state index contributed by atoms with van der Waals surface area (Å²) in [5.41, 5.74) is 2.50. The number of nitrogens with one attached hydrogen (secondary N) is 1. The Bertz CT molecular complexity index is 813. The Morgan fingerprint density at radius 1 is 1.32 bits per heavy atom. The number of nitrogens with zero attached hydrogens (tertiary/aromatic N) is 2. The summed E-state index contributed by atoms with van der Waals surface area (Å²) in [6, 6.07) is 8.46. The first-order valence-electron chi connectivity index (χ1n) is 8.94. The number of carbonyl (C=O) groups is 1. The zero-order valence-corrected chi connectivity index (χ0v) is 14.9. The Balaban J connectivity index is 1.63. The topological polar surface area (TPSA) is 66.1 Å². The van der Waals surface area contributed by atoms with Gasteiger partial charge < -0.3 is 9.88 Å². The van der Waals surface area contributed by atoms with E-state index in [9.17, 15) is 9.59 Å². The zero-order valence-electron chi connectivity index (χ0n) is 14.9. The summed E-state index contributed by atoms with van der Waals surface area (Å²) in [6.45, 7) is 5.28. The lowest BCUT2D eigenvalue weighted by molar-refractivity contribution is 0.0666. The minimum atomic E-state index is -0.348. The average molecular weight is 339 g/mol. The van der Waals surface area contributed by atoms with Crippen molar-refractivity contribution in [3.63, 3.8) is 0 Å². The van der Waals surface area contributed by atoms with Crippen molar-refractivity contribution in [1.82, 2.24) is 14.9 Å². The molecule has 25 heavy (non-hydrogen) atoms. The van der Waals surface area contributed by atoms with Crippen molar-refractivity contribution >= 4 is 5.91 Å². The summed E-state index contributed by atoms with van der Waals surface area (Å²) in [5, 5.41) is 0. The number of aryl methyl sites for hydroxylation is 3. The molecule has 1 fully saturated rings. The number of amides is 1. The molecule has 2 heterocycles. The summed E-state index contributed by atoms with van der Waals surface area (Å²) in [6.07, 6.45) is 5.62. The van der Waals surface area contributed by atoms with Gasteiger partial charge in [0.15, 0.2) is 0 Å². The lowest BCUT2D eigenvalue weighted by Gasteiger charge is -2.32. The molecule has 1 unspecified atom stereocenters. The van der Waals surface area contributed by atoms with Gasteiger partial charge in [-0.25, -0.2) is 4.98 Å². The van der Waals surface area contributed by atoms with Gasteiger partial charge in [0.05, 0.1) is 0 Å². The molecule has 0 bridgehead atoms. The number of aromatic amines is 1. The molecule has 0 radical (unpaired) electrons. The van der Waals surface area contributed by atoms with E-state index in [-0.39, 0.29) is 17.0 Å². The van der Waals surface area contributed by atoms with E-state index in [1.54, 1.807) is 6.92 Å². The van der Waals surface area contributed by atoms with E-state index >= 15 is 0 Å². The van der Waals surface area contributed by atoms with Gasteiger partial charge in [-0.05, 0) is 56.6 Å². The van der Waals surface area contributed by atoms with Crippen LogP contribution in [-0.4, -0.2) is 33.9 Å². The van der Waals surface area contributed by atoms with Crippen LogP contribution in [0.3, 0.4) is 0 Å². The largest absolute Gasteiger partial charge is 0.338 e. The van der Waals surface area contributed by atoms with Gasteiger partial charge in [-0.1, -0.05) is 24.3 Å². The SMILES string of the molecule is Cc1ncc(C(=O)N2CCCC(CCc3ccccc3C)C2)c(=O)[nH]1. The molecule has 1 amide bonds. The van der Waals surface area contributed by atoms with E-state index in [1.165, 1.54) is 17.3 Å². The normalized spacial score (nSPS) is 17.5. The predicted octanol–water partition coefficient (Wildman–Crippen LogP) is 2.87. The van der Waals surface area contributed by atoms with Crippen LogP contribution in [0.1, 0.15) is 46.6 Å². The second kappa shape index (κ2) is 7.64. The van der Waals surface area contributed by atoms with Gasteiger partial charge in [-0.2, -0.15) is 0 Å². The van der Waals surface area contributed by atoms with E-state index in [2.05, 4.69) is 41.2 Å². The first-order valence-corrected chi connectivity index (χ1v) is 8.94. The van der Waals surface area contributed by atoms with Crippen LogP contribution in [0.5, 0.6) is 0 Å². The van der Waals surface area contributed by atoms with Crippen molar-refractivity contribution < 1.29 is 4.79 Å². The van der Waals surface area contributed by atoms with E-state index in [4.69, 9.17) is 0 Å². The molecule has 132 valence electrons. The smallest absolute Gasteiger partial charge is 0.263 e. The van der Waals surface area contributed by atoms with Gasteiger partial charge in [-0.3, -0.25) is 9.59 Å². The highest BCUT2D eigenvalue weighted by Gasteiger charge is 2.26. The fourth-order valence-electron chi connectivity index (χ4n) is 3.54. The third kappa shape index (κ3) is 4.16. The summed E-state index contributed by atoms with van der Waals surface area (Å²) in [4.78, 5) is 33.2. The molecule has 0 spiro atoms. The minimum Gasteiger partial charge on any atom is -0.338 e. The molecule has 2 aromatic rings. The summed E-state index contributed by atoms with van der Waals surface area (Å²) in [7, 11) is 0. The highest BCUT2D eigenvalue weighted by Crippen LogP contribution is 2.23. The molecule has 1 aliphatic rings. The van der Waals surface area contributed by atoms with Crippen molar-refractivity contribution in [2.24, 2.45) is 5.92 Å². The quantitative estimate of drug-likeness (QED) is 0.931. The van der Waals surface area contributed by atoms with Crippen molar-refractivity contribution in [2.75, 3.05) is 13.1 Å². The van der Waals surface area contributed by atoms with Crippen LogP contribution < -0.4 is 5.56 Å². The number of rotatable bonds is 4. The number of likely N-dealkylation sites (tertiary alicyclic amines) is 1. The first kappa shape index (κ1) is 17.4. The standard InChI is InChI=1S/C20H25N3O2/c1-14-6-3-4-8-17(14)10-9-16-7-5-11-23(13-16)20(25)18-12-21-15(2)22-19(18)24/h3-4,6,8,12,16H,5,7,9-11,13H2,1-2H3,(H,21,22,24). The summed E-state index contributed by atoms with van der Waals surface area (Å²) in [5.74, 6) is 0.806. The van der Waals surface area contributed by atoms with E-state index in [0.29, 0.717) is 18.3 Å². The molecule has 1 aromatic carbocycles. The third-order valence-electron chi connectivity index (χ3n) is 5.05. The highest BCUT2D eigenvalue weighted by molar-refractivity contribution is 5.93. The Kier molecular flexibility index (Phi) is 5.31. The fourth-order valence-corrected chi connectivity index (χ4v) is 3.54. The van der Waals surface area contributed by atoms with Gasteiger partial charge >= 0.3 is 0 Å². The van der Waals surface area contributed by atoms with Crippen molar-refractivity contribution in [3.8, 4) is 0 Å². The average Bonchev–Trinajstić information content (AvgIpc) is 2.61. The number of H-pyrrole nitrogens is 1. The Labute approximate surface area is 148 Å². The number of hydrogen-bond donors (Lipinski definition) is 1. The van der Waals surface area contributed by atoms with E-state index < -0.39 is 0 Å². The molecule has 0 aliphatic carbocycles. The minimum absolute atomic E-state index is 0.144. The Morgan fingerprint density at radius 2 is 2.12 bits per heavy atom. The summed E-state index contributed by atoms with van der Waals surface area (Å²) >= 11 is 0. The Morgan fingerprint density at radius 3 is 2.88 bits per heavy atom. The number of aromatic nitrogens is 2. The molecule has 1 N–H and O–H groups in total. The molecule has 1 aromatic heterocycles. The van der Waals surface area contributed by atoms with Gasteiger partial charge in [0.1, 0.15) is 11.4 Å². The molecule has 5 heteroatoms. The van der Waals surface area contributed by atoms with Gasteiger partial charge in [0.25, 0.3) is 11.5 Å². The van der Waals surface area contributed by atoms with Crippen molar-refractivity contribution in [2.45, 2.75) is 39.5 Å². The molecule has 0 saturated carbocycles. The van der Waals surface area contributed by atoms with E-state index in [1.807, 2.05) is 4.90 Å². The Hall–Kier alpha value is -2.43. The summed E-state index contributed by atoms with van der Waals surface area (Å²) < 4.78 is 0. The molecule has 1 atom stereocenters. The maximum absolute atomic E-state index is 12.7. The maximum atomic E-state index is 12.7. The third-order valence-corrected chi connectivity index (χ3v) is 5.05. The zero-order chi connectivity index (χ0) is 17.8. The molecule has 5 nitrogen and oxygen atoms in total. The fraction of sp³-hybridized carbons (Fsp3) is 0.450. The monoisotopic (exact) mass is 339 g/mol. The lowest BCUT2D eigenvalue weighted by atomic mass is 9.90. The molecule has 1 aliphatic heterocycles. The maximum Gasteiger partial charge on any atom is 0.263 e. The van der Waals surface area contributed by atoms with Crippen LogP contribution in [0, 0.1) is 19.8 Å². The lowest BCUT2D eigenvalue weighted by Crippen LogP contribution is -2.42. The van der Waals surface area contributed by atoms with Crippen LogP contribution in [-0.2, 0) is 6.42 Å². The molecule has 3 rings (SSSR count). The second-order valence-electron chi connectivity index (χ2n) is 6.94. The second-order valence-corrected chi connectivity index (χ2v) is 6.94. The molecular formula is C20H25N3O2. The molecule has 1 saturated heterocycles. The van der Waals surface area contributed by atoms with Crippen LogP contribution in [0.2, 0.25) is 0 Å². The number of hydrogen-bond acceptors (Lipinski definition) is 3. The van der Waals surface area contributed by atoms with Crippen LogP contribution in [0.4, 0.5) is 0 Å². The predicted molar refractivity (Wildman–Crippen MR) is 97.7 cm³/mol. The number of piperidine rings is 1. The van der Waals surface area contributed by atoms with Crippen LogP contribution in [0.15, 0.2) is 35.3 Å². The first-order chi connectivity index (χ1) is 12.0. The number of carbonyl (C=O) groups excluding carboxylic acids is 1. The van der Waals surface area contributed by atoms with Crippen LogP contribution in [0.25, 0.3) is 0 Å². The van der Waals surface area contributed by atoms with Crippen molar-refractivity contribution in [1.29, 1.82) is 0 Å². The van der Waals surface area contributed by atoms with Gasteiger partial charge in [0, 0.05) is 19.3 Å². The van der Waals surface area contributed by atoms with E-state index in [0.717, 1.165) is 32.2 Å². The molecular weight excluding hydrogens is 314 g/mol. The number of benzene rings is 1. The van der Waals surface area contributed by atoms with Gasteiger partial charge in [0.2, 0.25) is 0 Å². The highest BCUT2D eigenvalue weighted by atomic mass is 16.2. The van der Waals surface area contributed by atoms with Gasteiger partial charge in [-0.15, -0.1) is 0 Å².